The third-order valence-electron chi connectivity index (χ3n) is 6.38. The quantitative estimate of drug-likeness (QED) is 0.252. The number of hydrogen-bond donors (Lipinski definition) is 0. The lowest BCUT2D eigenvalue weighted by Gasteiger charge is -2.26. The maximum absolute atomic E-state index is 13.9. The summed E-state index contributed by atoms with van der Waals surface area (Å²) in [4.78, 5) is 29.3. The number of carbonyl (C=O) groups excluding carboxylic acids is 1. The van der Waals surface area contributed by atoms with Crippen LogP contribution in [0.25, 0.3) is 11.0 Å². The largest absolute Gasteiger partial charge is 0.490 e. The van der Waals surface area contributed by atoms with Crippen LogP contribution in [0, 0.1) is 6.92 Å². The van der Waals surface area contributed by atoms with Crippen LogP contribution in [0.5, 0.6) is 11.5 Å². The molecule has 0 radical (unpaired) electrons. The molecular formula is C30H26ClNO5. The van der Waals surface area contributed by atoms with E-state index in [0.717, 1.165) is 11.1 Å². The van der Waals surface area contributed by atoms with Crippen LogP contribution >= 0.6 is 11.6 Å². The molecule has 1 aromatic heterocycles. The molecule has 1 aliphatic rings. The van der Waals surface area contributed by atoms with Gasteiger partial charge in [-0.2, -0.15) is 0 Å². The molecule has 6 nitrogen and oxygen atoms in total. The number of amides is 1. The number of halogens is 1. The van der Waals surface area contributed by atoms with Crippen molar-refractivity contribution >= 4 is 28.5 Å². The zero-order valence-electron chi connectivity index (χ0n) is 20.6. The molecule has 0 N–H and O–H groups in total. The zero-order chi connectivity index (χ0) is 26.1. The number of carbonyl (C=O) groups is 1. The van der Waals surface area contributed by atoms with E-state index in [0.29, 0.717) is 52.8 Å². The van der Waals surface area contributed by atoms with Crippen LogP contribution in [0.1, 0.15) is 45.8 Å². The predicted octanol–water partition coefficient (Wildman–Crippen LogP) is 6.46. The minimum absolute atomic E-state index is 0.0464. The SMILES string of the molecule is C=CCOc1ccc(C2c3c(oc4cc(C)c(Cl)cc4c3=O)C(=O)N2Cc2ccccc2)cc1OCC. The highest BCUT2D eigenvalue weighted by Crippen LogP contribution is 2.42. The molecule has 1 amide bonds. The molecular weight excluding hydrogens is 490 g/mol. The summed E-state index contributed by atoms with van der Waals surface area (Å²) < 4.78 is 17.7. The molecule has 7 heteroatoms. The van der Waals surface area contributed by atoms with E-state index in [4.69, 9.17) is 25.5 Å². The average Bonchev–Trinajstić information content (AvgIpc) is 3.17. The number of hydrogen-bond acceptors (Lipinski definition) is 5. The standard InChI is InChI=1S/C30H26ClNO5/c1-4-13-36-23-12-11-20(15-25(23)35-5-2)27-26-28(33)21-16-22(31)18(3)14-24(21)37-29(26)30(34)32(27)17-19-9-7-6-8-10-19/h4,6-12,14-16,27H,1,5,13,17H2,2-3H3. The van der Waals surface area contributed by atoms with Gasteiger partial charge in [0.1, 0.15) is 12.2 Å². The first kappa shape index (κ1) is 24.7. The lowest BCUT2D eigenvalue weighted by Crippen LogP contribution is -2.29. The van der Waals surface area contributed by atoms with Crippen LogP contribution in [0.4, 0.5) is 0 Å². The highest BCUT2D eigenvalue weighted by atomic mass is 35.5. The molecule has 0 fully saturated rings. The Hall–Kier alpha value is -4.03. The van der Waals surface area contributed by atoms with Crippen molar-refractivity contribution < 1.29 is 18.7 Å². The minimum atomic E-state index is -0.684. The Morgan fingerprint density at radius 1 is 1.05 bits per heavy atom. The molecule has 1 unspecified atom stereocenters. The number of benzene rings is 3. The highest BCUT2D eigenvalue weighted by molar-refractivity contribution is 6.32. The first-order valence-corrected chi connectivity index (χ1v) is 12.4. The van der Waals surface area contributed by atoms with E-state index < -0.39 is 6.04 Å². The summed E-state index contributed by atoms with van der Waals surface area (Å²) >= 11 is 6.35. The number of nitrogens with zero attached hydrogens (tertiary/aromatic N) is 1. The fourth-order valence-electron chi connectivity index (χ4n) is 4.66. The second-order valence-electron chi connectivity index (χ2n) is 8.83. The topological polar surface area (TPSA) is 69.0 Å². The first-order chi connectivity index (χ1) is 17.9. The number of fused-ring (bicyclic) bond motifs is 2. The van der Waals surface area contributed by atoms with E-state index in [1.807, 2.05) is 56.3 Å². The Bertz CT molecular complexity index is 1560. The fourth-order valence-corrected chi connectivity index (χ4v) is 4.83. The van der Waals surface area contributed by atoms with Gasteiger partial charge in [0, 0.05) is 11.6 Å². The van der Waals surface area contributed by atoms with Gasteiger partial charge in [0.15, 0.2) is 16.9 Å². The normalized spacial score (nSPS) is 14.6. The average molecular weight is 516 g/mol. The van der Waals surface area contributed by atoms with Crippen molar-refractivity contribution in [3.05, 3.63) is 117 Å². The lowest BCUT2D eigenvalue weighted by atomic mass is 9.97. The van der Waals surface area contributed by atoms with Gasteiger partial charge in [0.2, 0.25) is 5.76 Å². The second-order valence-corrected chi connectivity index (χ2v) is 9.24. The third kappa shape index (κ3) is 4.49. The Kier molecular flexibility index (Phi) is 6.76. The lowest BCUT2D eigenvalue weighted by molar-refractivity contribution is 0.0714. The van der Waals surface area contributed by atoms with Crippen LogP contribution in [-0.4, -0.2) is 24.0 Å². The van der Waals surface area contributed by atoms with Crippen molar-refractivity contribution in [2.24, 2.45) is 0 Å². The van der Waals surface area contributed by atoms with Gasteiger partial charge < -0.3 is 18.8 Å². The highest BCUT2D eigenvalue weighted by Gasteiger charge is 2.43. The molecule has 188 valence electrons. The van der Waals surface area contributed by atoms with Gasteiger partial charge >= 0.3 is 0 Å². The van der Waals surface area contributed by atoms with E-state index in [-0.39, 0.29) is 22.7 Å². The van der Waals surface area contributed by atoms with Crippen molar-refractivity contribution in [2.75, 3.05) is 13.2 Å². The molecule has 0 spiro atoms. The smallest absolute Gasteiger partial charge is 0.291 e. The third-order valence-corrected chi connectivity index (χ3v) is 6.79. The molecule has 0 saturated heterocycles. The number of aryl methyl sites for hydroxylation is 1. The van der Waals surface area contributed by atoms with Crippen LogP contribution in [0.15, 0.2) is 82.5 Å². The van der Waals surface area contributed by atoms with Gasteiger partial charge in [0.05, 0.1) is 23.6 Å². The van der Waals surface area contributed by atoms with E-state index in [9.17, 15) is 9.59 Å². The van der Waals surface area contributed by atoms with Crippen LogP contribution in [0.2, 0.25) is 5.02 Å². The Labute approximate surface area is 219 Å². The summed E-state index contributed by atoms with van der Waals surface area (Å²) in [5, 5.41) is 0.800. The van der Waals surface area contributed by atoms with Crippen molar-refractivity contribution in [1.29, 1.82) is 0 Å². The second kappa shape index (κ2) is 10.1. The summed E-state index contributed by atoms with van der Waals surface area (Å²) in [6.45, 7) is 8.44. The summed E-state index contributed by atoms with van der Waals surface area (Å²) in [5.74, 6) is 0.772. The van der Waals surface area contributed by atoms with Crippen LogP contribution in [0.3, 0.4) is 0 Å². The predicted molar refractivity (Wildman–Crippen MR) is 144 cm³/mol. The molecule has 4 aromatic rings. The van der Waals surface area contributed by atoms with Crippen molar-refractivity contribution in [3.8, 4) is 11.5 Å². The van der Waals surface area contributed by atoms with E-state index in [1.54, 1.807) is 29.2 Å². The van der Waals surface area contributed by atoms with Crippen LogP contribution < -0.4 is 14.9 Å². The Morgan fingerprint density at radius 3 is 2.57 bits per heavy atom. The summed E-state index contributed by atoms with van der Waals surface area (Å²) in [7, 11) is 0. The maximum Gasteiger partial charge on any atom is 0.291 e. The van der Waals surface area contributed by atoms with Crippen molar-refractivity contribution in [1.82, 2.24) is 4.90 Å². The van der Waals surface area contributed by atoms with E-state index >= 15 is 0 Å². The number of ether oxygens (including phenoxy) is 2. The molecule has 0 aliphatic carbocycles. The molecule has 1 atom stereocenters. The van der Waals surface area contributed by atoms with Gasteiger partial charge in [0.25, 0.3) is 5.91 Å². The van der Waals surface area contributed by atoms with Gasteiger partial charge in [-0.15, -0.1) is 0 Å². The molecule has 1 aliphatic heterocycles. The summed E-state index contributed by atoms with van der Waals surface area (Å²) in [6, 6.07) is 17.7. The van der Waals surface area contributed by atoms with E-state index in [2.05, 4.69) is 6.58 Å². The molecule has 3 aromatic carbocycles. The van der Waals surface area contributed by atoms with Crippen molar-refractivity contribution in [3.63, 3.8) is 0 Å². The monoisotopic (exact) mass is 515 g/mol. The molecule has 0 bridgehead atoms. The minimum Gasteiger partial charge on any atom is -0.490 e. The van der Waals surface area contributed by atoms with E-state index in [1.165, 1.54) is 0 Å². The zero-order valence-corrected chi connectivity index (χ0v) is 21.4. The van der Waals surface area contributed by atoms with Gasteiger partial charge in [-0.1, -0.05) is 60.7 Å². The Balaban J connectivity index is 1.71. The van der Waals surface area contributed by atoms with Gasteiger partial charge in [-0.25, -0.2) is 0 Å². The maximum atomic E-state index is 13.9. The molecule has 2 heterocycles. The van der Waals surface area contributed by atoms with Gasteiger partial charge in [-0.3, -0.25) is 9.59 Å². The Morgan fingerprint density at radius 2 is 1.84 bits per heavy atom. The number of rotatable bonds is 8. The summed E-state index contributed by atoms with van der Waals surface area (Å²) in [5.41, 5.74) is 2.75. The molecule has 5 rings (SSSR count). The molecule has 37 heavy (non-hydrogen) atoms. The molecule has 0 saturated carbocycles. The van der Waals surface area contributed by atoms with Crippen molar-refractivity contribution in [2.45, 2.75) is 26.4 Å². The first-order valence-electron chi connectivity index (χ1n) is 12.0. The summed E-state index contributed by atoms with van der Waals surface area (Å²) in [6.07, 6.45) is 1.65. The van der Waals surface area contributed by atoms with Gasteiger partial charge in [-0.05, 0) is 54.8 Å². The fraction of sp³-hybridized carbons (Fsp3) is 0.200. The van der Waals surface area contributed by atoms with Crippen LogP contribution in [-0.2, 0) is 6.54 Å².